The zero-order valence-electron chi connectivity index (χ0n) is 11.6. The number of rotatable bonds is 3. The second-order valence-electron chi connectivity index (χ2n) is 5.18. The molecule has 1 saturated heterocycles. The predicted octanol–water partition coefficient (Wildman–Crippen LogP) is 3.81. The van der Waals surface area contributed by atoms with Crippen LogP contribution in [0.2, 0.25) is 0 Å². The van der Waals surface area contributed by atoms with Crippen LogP contribution in [0.3, 0.4) is 0 Å². The minimum atomic E-state index is 0.368. The van der Waals surface area contributed by atoms with E-state index in [9.17, 15) is 0 Å². The SMILES string of the molecule is Cc1ccsc1C(c1ccccc1Br)N1CCNCC1. The molecule has 1 N–H and O–H groups in total. The standard InChI is InChI=1S/C16H19BrN2S/c1-12-6-11-20-16(12)15(19-9-7-18-8-10-19)13-4-2-3-5-14(13)17/h2-6,11,15,18H,7-10H2,1H3. The first kappa shape index (κ1) is 14.3. The van der Waals surface area contributed by atoms with Crippen LogP contribution in [0.25, 0.3) is 0 Å². The van der Waals surface area contributed by atoms with Crippen LogP contribution in [0.15, 0.2) is 40.2 Å². The Bertz CT molecular complexity index is 575. The third kappa shape index (κ3) is 2.84. The maximum atomic E-state index is 3.74. The number of benzene rings is 1. The molecule has 2 heterocycles. The summed E-state index contributed by atoms with van der Waals surface area (Å²) in [4.78, 5) is 4.06. The molecule has 1 aromatic carbocycles. The van der Waals surface area contributed by atoms with Crippen molar-refractivity contribution in [3.63, 3.8) is 0 Å². The zero-order valence-corrected chi connectivity index (χ0v) is 14.0. The summed E-state index contributed by atoms with van der Waals surface area (Å²) >= 11 is 5.61. The maximum Gasteiger partial charge on any atom is 0.0710 e. The molecule has 4 heteroatoms. The minimum absolute atomic E-state index is 0.368. The molecule has 20 heavy (non-hydrogen) atoms. The smallest absolute Gasteiger partial charge is 0.0710 e. The van der Waals surface area contributed by atoms with Crippen LogP contribution in [0.5, 0.6) is 0 Å². The van der Waals surface area contributed by atoms with E-state index < -0.39 is 0 Å². The van der Waals surface area contributed by atoms with E-state index >= 15 is 0 Å². The van der Waals surface area contributed by atoms with Gasteiger partial charge in [0.15, 0.2) is 0 Å². The Labute approximate surface area is 132 Å². The van der Waals surface area contributed by atoms with Gasteiger partial charge in [-0.15, -0.1) is 11.3 Å². The van der Waals surface area contributed by atoms with Gasteiger partial charge in [0.2, 0.25) is 0 Å². The van der Waals surface area contributed by atoms with Crippen LogP contribution >= 0.6 is 27.3 Å². The first-order chi connectivity index (χ1) is 9.77. The van der Waals surface area contributed by atoms with Gasteiger partial charge in [-0.3, -0.25) is 4.90 Å². The lowest BCUT2D eigenvalue weighted by molar-refractivity contribution is 0.200. The number of nitrogens with zero attached hydrogens (tertiary/aromatic N) is 1. The molecular weight excluding hydrogens is 332 g/mol. The van der Waals surface area contributed by atoms with E-state index in [1.54, 1.807) is 0 Å². The number of hydrogen-bond acceptors (Lipinski definition) is 3. The van der Waals surface area contributed by atoms with Crippen LogP contribution in [0.1, 0.15) is 22.0 Å². The zero-order chi connectivity index (χ0) is 13.9. The molecular formula is C16H19BrN2S. The van der Waals surface area contributed by atoms with Gasteiger partial charge in [-0.2, -0.15) is 0 Å². The van der Waals surface area contributed by atoms with E-state index in [1.165, 1.54) is 20.5 Å². The van der Waals surface area contributed by atoms with Crippen molar-refractivity contribution in [2.75, 3.05) is 26.2 Å². The van der Waals surface area contributed by atoms with E-state index in [1.807, 2.05) is 11.3 Å². The normalized spacial score (nSPS) is 18.1. The van der Waals surface area contributed by atoms with Gasteiger partial charge < -0.3 is 5.32 Å². The van der Waals surface area contributed by atoms with E-state index in [0.29, 0.717) is 6.04 Å². The summed E-state index contributed by atoms with van der Waals surface area (Å²) < 4.78 is 1.20. The van der Waals surface area contributed by atoms with Gasteiger partial charge in [0.25, 0.3) is 0 Å². The van der Waals surface area contributed by atoms with E-state index in [0.717, 1.165) is 26.2 Å². The Hall–Kier alpha value is -0.680. The summed E-state index contributed by atoms with van der Waals surface area (Å²) in [5, 5.41) is 5.65. The van der Waals surface area contributed by atoms with Crippen LogP contribution in [0, 0.1) is 6.92 Å². The highest BCUT2D eigenvalue weighted by Gasteiger charge is 2.27. The topological polar surface area (TPSA) is 15.3 Å². The van der Waals surface area contributed by atoms with E-state index in [-0.39, 0.29) is 0 Å². The van der Waals surface area contributed by atoms with E-state index in [4.69, 9.17) is 0 Å². The molecule has 1 atom stereocenters. The average Bonchev–Trinajstić information content (AvgIpc) is 2.89. The maximum absolute atomic E-state index is 3.74. The third-order valence-corrected chi connectivity index (χ3v) is 5.66. The predicted molar refractivity (Wildman–Crippen MR) is 89.5 cm³/mol. The van der Waals surface area contributed by atoms with Crippen molar-refractivity contribution in [3.8, 4) is 0 Å². The van der Waals surface area contributed by atoms with Crippen molar-refractivity contribution in [2.45, 2.75) is 13.0 Å². The Morgan fingerprint density at radius 2 is 1.95 bits per heavy atom. The Morgan fingerprint density at radius 1 is 1.20 bits per heavy atom. The molecule has 1 aromatic heterocycles. The van der Waals surface area contributed by atoms with Crippen molar-refractivity contribution in [1.82, 2.24) is 10.2 Å². The first-order valence-corrected chi connectivity index (χ1v) is 8.68. The molecule has 0 spiro atoms. The monoisotopic (exact) mass is 350 g/mol. The molecule has 0 aliphatic carbocycles. The van der Waals surface area contributed by atoms with Crippen LogP contribution in [0.4, 0.5) is 0 Å². The highest BCUT2D eigenvalue weighted by molar-refractivity contribution is 9.10. The van der Waals surface area contributed by atoms with Gasteiger partial charge in [-0.25, -0.2) is 0 Å². The van der Waals surface area contributed by atoms with Gasteiger partial charge >= 0.3 is 0 Å². The second kappa shape index (κ2) is 6.39. The molecule has 0 bridgehead atoms. The van der Waals surface area contributed by atoms with Crippen LogP contribution in [-0.4, -0.2) is 31.1 Å². The summed E-state index contributed by atoms with van der Waals surface area (Å²) in [5.41, 5.74) is 2.77. The lowest BCUT2D eigenvalue weighted by Crippen LogP contribution is -2.45. The molecule has 3 rings (SSSR count). The summed E-state index contributed by atoms with van der Waals surface area (Å²) in [6.45, 7) is 6.57. The summed E-state index contributed by atoms with van der Waals surface area (Å²) in [6.07, 6.45) is 0. The van der Waals surface area contributed by atoms with Gasteiger partial charge in [-0.05, 0) is 35.6 Å². The van der Waals surface area contributed by atoms with Gasteiger partial charge in [0.05, 0.1) is 6.04 Å². The lowest BCUT2D eigenvalue weighted by Gasteiger charge is -2.35. The van der Waals surface area contributed by atoms with Crippen molar-refractivity contribution >= 4 is 27.3 Å². The highest BCUT2D eigenvalue weighted by Crippen LogP contribution is 2.37. The number of piperazine rings is 1. The quantitative estimate of drug-likeness (QED) is 0.905. The van der Waals surface area contributed by atoms with Crippen molar-refractivity contribution in [3.05, 3.63) is 56.2 Å². The van der Waals surface area contributed by atoms with Crippen LogP contribution < -0.4 is 5.32 Å². The number of hydrogen-bond donors (Lipinski definition) is 1. The molecule has 2 aromatic rings. The number of thiophene rings is 1. The fraction of sp³-hybridized carbons (Fsp3) is 0.375. The van der Waals surface area contributed by atoms with Gasteiger partial charge in [0.1, 0.15) is 0 Å². The molecule has 1 aliphatic rings. The molecule has 1 aliphatic heterocycles. The highest BCUT2D eigenvalue weighted by atomic mass is 79.9. The van der Waals surface area contributed by atoms with Crippen LogP contribution in [-0.2, 0) is 0 Å². The summed E-state index contributed by atoms with van der Waals surface area (Å²) in [7, 11) is 0. The Morgan fingerprint density at radius 3 is 2.60 bits per heavy atom. The summed E-state index contributed by atoms with van der Waals surface area (Å²) in [6, 6.07) is 11.2. The largest absolute Gasteiger partial charge is 0.314 e. The van der Waals surface area contributed by atoms with Crippen molar-refractivity contribution < 1.29 is 0 Å². The molecule has 0 amide bonds. The second-order valence-corrected chi connectivity index (χ2v) is 6.98. The molecule has 1 fully saturated rings. The number of aryl methyl sites for hydroxylation is 1. The minimum Gasteiger partial charge on any atom is -0.314 e. The fourth-order valence-electron chi connectivity index (χ4n) is 2.81. The first-order valence-electron chi connectivity index (χ1n) is 7.00. The lowest BCUT2D eigenvalue weighted by atomic mass is 10.0. The average molecular weight is 351 g/mol. The summed E-state index contributed by atoms with van der Waals surface area (Å²) in [5.74, 6) is 0. The number of nitrogens with one attached hydrogen (secondary N) is 1. The molecule has 2 nitrogen and oxygen atoms in total. The Kier molecular flexibility index (Phi) is 4.56. The number of halogens is 1. The fourth-order valence-corrected chi connectivity index (χ4v) is 4.38. The molecule has 106 valence electrons. The molecule has 1 unspecified atom stereocenters. The third-order valence-electron chi connectivity index (χ3n) is 3.87. The van der Waals surface area contributed by atoms with Crippen molar-refractivity contribution in [1.29, 1.82) is 0 Å². The Balaban J connectivity index is 2.03. The van der Waals surface area contributed by atoms with Crippen molar-refractivity contribution in [2.24, 2.45) is 0 Å². The molecule has 0 radical (unpaired) electrons. The van der Waals surface area contributed by atoms with E-state index in [2.05, 4.69) is 68.8 Å². The molecule has 0 saturated carbocycles. The van der Waals surface area contributed by atoms with Gasteiger partial charge in [-0.1, -0.05) is 34.1 Å². The van der Waals surface area contributed by atoms with Gasteiger partial charge in [0, 0.05) is 35.5 Å².